The normalized spacial score (nSPS) is 12.6. The third-order valence-electron chi connectivity index (χ3n) is 4.72. The first-order chi connectivity index (χ1) is 14.2. The van der Waals surface area contributed by atoms with Crippen molar-refractivity contribution in [3.63, 3.8) is 0 Å². The molecule has 0 saturated heterocycles. The van der Waals surface area contributed by atoms with Crippen LogP contribution in [0.2, 0.25) is 0 Å². The fourth-order valence-electron chi connectivity index (χ4n) is 2.94. The average molecular weight is 431 g/mol. The number of carbonyl (C=O) groups excluding carboxylic acids is 1. The molecule has 30 heavy (non-hydrogen) atoms. The van der Waals surface area contributed by atoms with Crippen molar-refractivity contribution in [1.29, 1.82) is 0 Å². The molecule has 0 aliphatic carbocycles. The molecule has 7 heteroatoms. The van der Waals surface area contributed by atoms with Gasteiger partial charge in [-0.1, -0.05) is 41.5 Å². The summed E-state index contributed by atoms with van der Waals surface area (Å²) in [5, 5.41) is 10.0. The minimum Gasteiger partial charge on any atom is -0.481 e. The number of thiazole rings is 1. The number of allylic oxidation sites excluding steroid dienone is 1. The number of hydrogen-bond acceptors (Lipinski definition) is 5. The SMILES string of the molecule is CC(=CC[C@@H](CC(=O)O)C(=O)N(C)C)COCc1sc(-c2ccc(C)cc2)nc1C. The van der Waals surface area contributed by atoms with Crippen molar-refractivity contribution in [2.45, 2.75) is 40.2 Å². The molecule has 0 unspecified atom stereocenters. The summed E-state index contributed by atoms with van der Waals surface area (Å²) in [6.07, 6.45) is 2.10. The van der Waals surface area contributed by atoms with Gasteiger partial charge in [0.25, 0.3) is 0 Å². The number of ether oxygens (including phenoxy) is 1. The highest BCUT2D eigenvalue weighted by atomic mass is 32.1. The Labute approximate surface area is 182 Å². The molecule has 1 aromatic heterocycles. The molecule has 1 atom stereocenters. The molecule has 1 amide bonds. The van der Waals surface area contributed by atoms with Crippen LogP contribution in [0.1, 0.15) is 35.9 Å². The lowest BCUT2D eigenvalue weighted by molar-refractivity contribution is -0.143. The van der Waals surface area contributed by atoms with Crippen molar-refractivity contribution in [3.8, 4) is 10.6 Å². The monoisotopic (exact) mass is 430 g/mol. The number of nitrogens with zero attached hydrogens (tertiary/aromatic N) is 2. The van der Waals surface area contributed by atoms with Gasteiger partial charge < -0.3 is 14.7 Å². The number of rotatable bonds is 10. The van der Waals surface area contributed by atoms with Crippen LogP contribution < -0.4 is 0 Å². The van der Waals surface area contributed by atoms with Crippen LogP contribution in [0.25, 0.3) is 10.6 Å². The molecule has 1 heterocycles. The maximum Gasteiger partial charge on any atom is 0.304 e. The summed E-state index contributed by atoms with van der Waals surface area (Å²) in [5.74, 6) is -1.71. The van der Waals surface area contributed by atoms with Gasteiger partial charge in [0.05, 0.1) is 36.1 Å². The first-order valence-electron chi connectivity index (χ1n) is 9.87. The number of aryl methyl sites for hydroxylation is 2. The number of carboxylic acid groups (broad SMARTS) is 1. The smallest absolute Gasteiger partial charge is 0.304 e. The van der Waals surface area contributed by atoms with E-state index in [9.17, 15) is 9.59 Å². The van der Waals surface area contributed by atoms with Crippen molar-refractivity contribution in [1.82, 2.24) is 9.88 Å². The maximum absolute atomic E-state index is 12.2. The molecular weight excluding hydrogens is 400 g/mol. The molecule has 2 aromatic rings. The minimum absolute atomic E-state index is 0.175. The Morgan fingerprint density at radius 1 is 1.23 bits per heavy atom. The summed E-state index contributed by atoms with van der Waals surface area (Å²) >= 11 is 1.63. The molecule has 0 aliphatic rings. The molecule has 162 valence electrons. The van der Waals surface area contributed by atoms with Gasteiger partial charge in [0.2, 0.25) is 5.91 Å². The summed E-state index contributed by atoms with van der Waals surface area (Å²) < 4.78 is 5.84. The van der Waals surface area contributed by atoms with E-state index in [-0.39, 0.29) is 12.3 Å². The lowest BCUT2D eigenvalue weighted by Gasteiger charge is -2.18. The fourth-order valence-corrected chi connectivity index (χ4v) is 3.94. The van der Waals surface area contributed by atoms with Gasteiger partial charge >= 0.3 is 5.97 Å². The number of carbonyl (C=O) groups is 2. The summed E-state index contributed by atoms with van der Waals surface area (Å²) in [7, 11) is 3.28. The average Bonchev–Trinajstić information content (AvgIpc) is 3.05. The van der Waals surface area contributed by atoms with E-state index < -0.39 is 11.9 Å². The van der Waals surface area contributed by atoms with E-state index in [4.69, 9.17) is 9.84 Å². The molecule has 1 N–H and O–H groups in total. The lowest BCUT2D eigenvalue weighted by atomic mass is 9.98. The Morgan fingerprint density at radius 2 is 1.90 bits per heavy atom. The second-order valence-corrected chi connectivity index (χ2v) is 8.78. The van der Waals surface area contributed by atoms with Crippen molar-refractivity contribution in [2.24, 2.45) is 5.92 Å². The Kier molecular flexibility index (Phi) is 8.74. The van der Waals surface area contributed by atoms with Gasteiger partial charge in [-0.05, 0) is 27.2 Å². The van der Waals surface area contributed by atoms with Gasteiger partial charge in [-0.2, -0.15) is 0 Å². The first-order valence-corrected chi connectivity index (χ1v) is 10.7. The summed E-state index contributed by atoms with van der Waals surface area (Å²) in [4.78, 5) is 30.4. The van der Waals surface area contributed by atoms with Crippen LogP contribution in [0.3, 0.4) is 0 Å². The zero-order valence-corrected chi connectivity index (χ0v) is 19.1. The molecule has 0 fully saturated rings. The number of benzene rings is 1. The predicted octanol–water partition coefficient (Wildman–Crippen LogP) is 4.46. The van der Waals surface area contributed by atoms with Crippen LogP contribution in [0.15, 0.2) is 35.9 Å². The standard InChI is InChI=1S/C23H30N2O4S/c1-15-6-9-18(10-7-15)22-24-17(3)20(30-22)14-29-13-16(2)8-11-19(12-21(26)27)23(28)25(4)5/h6-10,19H,11-14H2,1-5H3,(H,26,27)/t19-/m0/s1. The van der Waals surface area contributed by atoms with Gasteiger partial charge in [-0.25, -0.2) is 4.98 Å². The summed E-state index contributed by atoms with van der Waals surface area (Å²) in [6, 6.07) is 8.31. The summed E-state index contributed by atoms with van der Waals surface area (Å²) in [5.41, 5.74) is 4.26. The van der Waals surface area contributed by atoms with E-state index >= 15 is 0 Å². The molecule has 0 radical (unpaired) electrons. The number of aliphatic carboxylic acids is 1. The number of aromatic nitrogens is 1. The van der Waals surface area contributed by atoms with Gasteiger partial charge in [-0.3, -0.25) is 9.59 Å². The second kappa shape index (κ2) is 11.0. The highest BCUT2D eigenvalue weighted by Crippen LogP contribution is 2.28. The largest absolute Gasteiger partial charge is 0.481 e. The van der Waals surface area contributed by atoms with Gasteiger partial charge in [-0.15, -0.1) is 11.3 Å². The van der Waals surface area contributed by atoms with E-state index in [1.54, 1.807) is 25.4 Å². The number of amides is 1. The van der Waals surface area contributed by atoms with Gasteiger partial charge in [0.1, 0.15) is 5.01 Å². The van der Waals surface area contributed by atoms with E-state index in [0.717, 1.165) is 26.7 Å². The first kappa shape index (κ1) is 23.8. The van der Waals surface area contributed by atoms with Crippen LogP contribution in [0.5, 0.6) is 0 Å². The Hall–Kier alpha value is -2.51. The van der Waals surface area contributed by atoms with E-state index in [1.165, 1.54) is 10.5 Å². The van der Waals surface area contributed by atoms with Crippen LogP contribution >= 0.6 is 11.3 Å². The van der Waals surface area contributed by atoms with Crippen molar-refractivity contribution >= 4 is 23.2 Å². The molecule has 2 rings (SSSR count). The Balaban J connectivity index is 1.91. The molecule has 0 saturated carbocycles. The third-order valence-corrected chi connectivity index (χ3v) is 5.90. The zero-order chi connectivity index (χ0) is 22.3. The maximum atomic E-state index is 12.2. The number of carboxylic acids is 1. The highest BCUT2D eigenvalue weighted by Gasteiger charge is 2.22. The van der Waals surface area contributed by atoms with Gasteiger partial charge in [0, 0.05) is 19.7 Å². The van der Waals surface area contributed by atoms with E-state index in [2.05, 4.69) is 36.2 Å². The van der Waals surface area contributed by atoms with Crippen molar-refractivity contribution < 1.29 is 19.4 Å². The van der Waals surface area contributed by atoms with E-state index in [1.807, 2.05) is 19.9 Å². The second-order valence-electron chi connectivity index (χ2n) is 7.70. The van der Waals surface area contributed by atoms with Crippen molar-refractivity contribution in [2.75, 3.05) is 20.7 Å². The lowest BCUT2D eigenvalue weighted by Crippen LogP contribution is -2.30. The highest BCUT2D eigenvalue weighted by molar-refractivity contribution is 7.15. The molecular formula is C23H30N2O4S. The quantitative estimate of drug-likeness (QED) is 0.563. The molecule has 0 bridgehead atoms. The zero-order valence-electron chi connectivity index (χ0n) is 18.3. The minimum atomic E-state index is -0.970. The topological polar surface area (TPSA) is 79.7 Å². The van der Waals surface area contributed by atoms with Crippen LogP contribution in [-0.2, 0) is 20.9 Å². The Bertz CT molecular complexity index is 900. The molecule has 0 aliphatic heterocycles. The molecule has 6 nitrogen and oxygen atoms in total. The van der Waals surface area contributed by atoms with Crippen LogP contribution in [0, 0.1) is 19.8 Å². The van der Waals surface area contributed by atoms with E-state index in [0.29, 0.717) is 19.6 Å². The predicted molar refractivity (Wildman–Crippen MR) is 119 cm³/mol. The third kappa shape index (κ3) is 7.07. The summed E-state index contributed by atoms with van der Waals surface area (Å²) in [6.45, 7) is 6.86. The fraction of sp³-hybridized carbons (Fsp3) is 0.435. The van der Waals surface area contributed by atoms with Crippen molar-refractivity contribution in [3.05, 3.63) is 52.0 Å². The number of hydrogen-bond donors (Lipinski definition) is 1. The van der Waals surface area contributed by atoms with Crippen LogP contribution in [-0.4, -0.2) is 47.6 Å². The van der Waals surface area contributed by atoms with Crippen LogP contribution in [0.4, 0.5) is 0 Å². The molecule has 1 aromatic carbocycles. The van der Waals surface area contributed by atoms with Gasteiger partial charge in [0.15, 0.2) is 0 Å². The molecule has 0 spiro atoms. The Morgan fingerprint density at radius 3 is 2.50 bits per heavy atom.